The zero-order chi connectivity index (χ0) is 9.56. The molecule has 0 spiro atoms. The van der Waals surface area contributed by atoms with Crippen molar-refractivity contribution < 1.29 is 4.21 Å². The smallest absolute Gasteiger partial charge is 0.0910 e. The summed E-state index contributed by atoms with van der Waals surface area (Å²) in [5.74, 6) is 0.734. The number of piperidine rings is 1. The van der Waals surface area contributed by atoms with Crippen molar-refractivity contribution >= 4 is 11.0 Å². The quantitative estimate of drug-likeness (QED) is 0.621. The van der Waals surface area contributed by atoms with Gasteiger partial charge in [0.1, 0.15) is 0 Å². The number of hydrogen-bond donors (Lipinski definition) is 0. The maximum absolute atomic E-state index is 11.0. The second-order valence-electron chi connectivity index (χ2n) is 3.06. The van der Waals surface area contributed by atoms with Crippen molar-refractivity contribution in [3.8, 4) is 0 Å². The molecule has 0 aromatic rings. The predicted octanol–water partition coefficient (Wildman–Crippen LogP) is 2.04. The molecule has 2 atom stereocenters. The van der Waals surface area contributed by atoms with Crippen molar-refractivity contribution in [2.45, 2.75) is 33.6 Å². The molecule has 0 saturated carbocycles. The Balaban J connectivity index is 0.000000561. The zero-order valence-corrected chi connectivity index (χ0v) is 9.49. The molecule has 0 aromatic heterocycles. The Hall–Kier alpha value is 0.110. The van der Waals surface area contributed by atoms with E-state index in [1.807, 2.05) is 18.2 Å². The maximum Gasteiger partial charge on any atom is 0.0910 e. The van der Waals surface area contributed by atoms with Crippen LogP contribution in [0.2, 0.25) is 0 Å². The lowest BCUT2D eigenvalue weighted by molar-refractivity contribution is 0.294. The summed E-state index contributed by atoms with van der Waals surface area (Å²) in [5, 5.41) is 0. The molecule has 1 aliphatic heterocycles. The average molecular weight is 191 g/mol. The molecular formula is C9H21NOS. The normalized spacial score (nSPS) is 27.2. The highest BCUT2D eigenvalue weighted by Gasteiger charge is 2.17. The van der Waals surface area contributed by atoms with Gasteiger partial charge in [-0.3, -0.25) is 0 Å². The standard InChI is InChI=1S/C7H15NOS.C2H6/c1-7-4-3-5-8(6-7)10(2)9;1-2/h7H,3-6H2,1-2H3;1-2H3. The van der Waals surface area contributed by atoms with Gasteiger partial charge in [0.2, 0.25) is 0 Å². The van der Waals surface area contributed by atoms with Crippen molar-refractivity contribution in [1.82, 2.24) is 4.31 Å². The van der Waals surface area contributed by atoms with Crippen molar-refractivity contribution in [3.05, 3.63) is 0 Å². The van der Waals surface area contributed by atoms with Gasteiger partial charge in [0, 0.05) is 19.3 Å². The van der Waals surface area contributed by atoms with Gasteiger partial charge in [-0.1, -0.05) is 20.8 Å². The van der Waals surface area contributed by atoms with Gasteiger partial charge in [0.15, 0.2) is 0 Å². The molecular weight excluding hydrogens is 170 g/mol. The minimum atomic E-state index is -0.739. The van der Waals surface area contributed by atoms with Crippen LogP contribution < -0.4 is 0 Å². The van der Waals surface area contributed by atoms with Gasteiger partial charge in [-0.25, -0.2) is 8.51 Å². The Labute approximate surface area is 78.9 Å². The third kappa shape index (κ3) is 4.21. The van der Waals surface area contributed by atoms with E-state index in [0.717, 1.165) is 19.0 Å². The monoisotopic (exact) mass is 191 g/mol. The highest BCUT2D eigenvalue weighted by atomic mass is 32.2. The highest BCUT2D eigenvalue weighted by molar-refractivity contribution is 7.81. The lowest BCUT2D eigenvalue weighted by Gasteiger charge is -2.28. The summed E-state index contributed by atoms with van der Waals surface area (Å²) < 4.78 is 13.0. The molecule has 12 heavy (non-hydrogen) atoms. The summed E-state index contributed by atoms with van der Waals surface area (Å²) in [4.78, 5) is 0. The Kier molecular flexibility index (Phi) is 6.67. The summed E-state index contributed by atoms with van der Waals surface area (Å²) in [6.45, 7) is 8.26. The number of hydrogen-bond acceptors (Lipinski definition) is 1. The molecule has 0 amide bonds. The fourth-order valence-electron chi connectivity index (χ4n) is 1.38. The van der Waals surface area contributed by atoms with Crippen LogP contribution in [0.5, 0.6) is 0 Å². The Morgan fingerprint density at radius 2 is 2.00 bits per heavy atom. The van der Waals surface area contributed by atoms with Crippen LogP contribution in [0.15, 0.2) is 0 Å². The lowest BCUT2D eigenvalue weighted by atomic mass is 10.0. The van der Waals surface area contributed by atoms with Gasteiger partial charge in [0.05, 0.1) is 11.0 Å². The minimum Gasteiger partial charge on any atom is -0.243 e. The van der Waals surface area contributed by atoms with Crippen LogP contribution in [0.1, 0.15) is 33.6 Å². The van der Waals surface area contributed by atoms with Gasteiger partial charge in [-0.2, -0.15) is 0 Å². The van der Waals surface area contributed by atoms with Crippen molar-refractivity contribution in [3.63, 3.8) is 0 Å². The van der Waals surface area contributed by atoms with Crippen LogP contribution in [-0.4, -0.2) is 27.9 Å². The second kappa shape index (κ2) is 6.61. The van der Waals surface area contributed by atoms with Crippen molar-refractivity contribution in [1.29, 1.82) is 0 Å². The molecule has 1 fully saturated rings. The highest BCUT2D eigenvalue weighted by Crippen LogP contribution is 2.15. The van der Waals surface area contributed by atoms with E-state index >= 15 is 0 Å². The molecule has 0 aliphatic carbocycles. The van der Waals surface area contributed by atoms with E-state index in [0.29, 0.717) is 0 Å². The Morgan fingerprint density at radius 3 is 2.33 bits per heavy atom. The van der Waals surface area contributed by atoms with E-state index in [1.54, 1.807) is 6.26 Å². The fourth-order valence-corrected chi connectivity index (χ4v) is 2.23. The van der Waals surface area contributed by atoms with E-state index in [4.69, 9.17) is 0 Å². The fraction of sp³-hybridized carbons (Fsp3) is 1.00. The molecule has 1 rings (SSSR count). The lowest BCUT2D eigenvalue weighted by Crippen LogP contribution is -2.35. The van der Waals surface area contributed by atoms with Crippen LogP contribution in [0.3, 0.4) is 0 Å². The molecule has 1 heterocycles. The summed E-state index contributed by atoms with van der Waals surface area (Å²) in [6, 6.07) is 0. The van der Waals surface area contributed by atoms with Crippen LogP contribution >= 0.6 is 0 Å². The van der Waals surface area contributed by atoms with Gasteiger partial charge >= 0.3 is 0 Å². The third-order valence-corrected chi connectivity index (χ3v) is 3.04. The number of nitrogens with zero attached hydrogens (tertiary/aromatic N) is 1. The van der Waals surface area contributed by atoms with Gasteiger partial charge in [-0.15, -0.1) is 0 Å². The number of rotatable bonds is 1. The first kappa shape index (κ1) is 12.1. The topological polar surface area (TPSA) is 20.3 Å². The Bertz CT molecular complexity index is 138. The molecule has 0 radical (unpaired) electrons. The van der Waals surface area contributed by atoms with Gasteiger partial charge in [-0.05, 0) is 18.8 Å². The predicted molar refractivity (Wildman–Crippen MR) is 55.4 cm³/mol. The molecule has 3 heteroatoms. The van der Waals surface area contributed by atoms with Crippen LogP contribution in [0.4, 0.5) is 0 Å². The molecule has 74 valence electrons. The first-order valence-electron chi connectivity index (χ1n) is 4.78. The van der Waals surface area contributed by atoms with Crippen LogP contribution in [0, 0.1) is 5.92 Å². The molecule has 1 aliphatic rings. The first-order chi connectivity index (χ1) is 5.70. The van der Waals surface area contributed by atoms with Crippen LogP contribution in [0.25, 0.3) is 0 Å². The van der Waals surface area contributed by atoms with Crippen molar-refractivity contribution in [2.24, 2.45) is 5.92 Å². The van der Waals surface area contributed by atoms with E-state index in [9.17, 15) is 4.21 Å². The molecule has 0 aromatic carbocycles. The van der Waals surface area contributed by atoms with E-state index < -0.39 is 11.0 Å². The minimum absolute atomic E-state index is 0.734. The van der Waals surface area contributed by atoms with E-state index in [2.05, 4.69) is 6.92 Å². The van der Waals surface area contributed by atoms with Crippen molar-refractivity contribution in [2.75, 3.05) is 19.3 Å². The molecule has 0 bridgehead atoms. The summed E-state index contributed by atoms with van der Waals surface area (Å²) >= 11 is 0. The van der Waals surface area contributed by atoms with E-state index in [1.165, 1.54) is 12.8 Å². The molecule has 2 unspecified atom stereocenters. The largest absolute Gasteiger partial charge is 0.243 e. The van der Waals surface area contributed by atoms with Crippen LogP contribution in [-0.2, 0) is 11.0 Å². The van der Waals surface area contributed by atoms with Gasteiger partial charge in [0.25, 0.3) is 0 Å². The molecule has 0 N–H and O–H groups in total. The third-order valence-electron chi connectivity index (χ3n) is 1.98. The summed E-state index contributed by atoms with van der Waals surface area (Å²) in [5.41, 5.74) is 0. The average Bonchev–Trinajstić information content (AvgIpc) is 2.08. The maximum atomic E-state index is 11.0. The first-order valence-corrected chi connectivity index (χ1v) is 6.30. The second-order valence-corrected chi connectivity index (χ2v) is 4.42. The van der Waals surface area contributed by atoms with E-state index in [-0.39, 0.29) is 0 Å². The van der Waals surface area contributed by atoms with Gasteiger partial charge < -0.3 is 0 Å². The summed E-state index contributed by atoms with van der Waals surface area (Å²) in [6.07, 6.45) is 4.27. The Morgan fingerprint density at radius 1 is 1.42 bits per heavy atom. The SMILES string of the molecule is CC.CC1CCCN(S(C)=O)C1. The molecule has 2 nitrogen and oxygen atoms in total. The molecule has 1 saturated heterocycles. The summed E-state index contributed by atoms with van der Waals surface area (Å²) in [7, 11) is -0.739. The zero-order valence-electron chi connectivity index (χ0n) is 8.67.